The molecule has 0 fully saturated rings. The van der Waals surface area contributed by atoms with Crippen LogP contribution in [0.3, 0.4) is 0 Å². The van der Waals surface area contributed by atoms with Gasteiger partial charge in [-0.1, -0.05) is 84.9 Å². The van der Waals surface area contributed by atoms with Crippen molar-refractivity contribution in [3.05, 3.63) is 126 Å². The Morgan fingerprint density at radius 3 is 1.87 bits per heavy atom. The molecule has 0 unspecified atom stereocenters. The van der Waals surface area contributed by atoms with E-state index >= 15 is 0 Å². The van der Waals surface area contributed by atoms with E-state index in [2.05, 4.69) is 15.2 Å². The molecule has 0 atom stereocenters. The molecule has 0 saturated carbocycles. The van der Waals surface area contributed by atoms with Gasteiger partial charge in [0.05, 0.1) is 6.21 Å². The zero-order valence-electron chi connectivity index (χ0n) is 16.2. The Morgan fingerprint density at radius 2 is 1.23 bits per heavy atom. The van der Waals surface area contributed by atoms with Crippen LogP contribution in [0.25, 0.3) is 11.1 Å². The summed E-state index contributed by atoms with van der Waals surface area (Å²) in [5.41, 5.74) is 4.73. The van der Waals surface area contributed by atoms with Crippen molar-refractivity contribution < 1.29 is 4.79 Å². The summed E-state index contributed by atoms with van der Waals surface area (Å²) in [5.74, 6) is -0.160. The molecule has 0 N–H and O–H groups in total. The molecular weight excluding hydrogens is 370 g/mol. The predicted molar refractivity (Wildman–Crippen MR) is 121 cm³/mol. The fourth-order valence-corrected chi connectivity index (χ4v) is 3.02. The van der Waals surface area contributed by atoms with Gasteiger partial charge >= 0.3 is 0 Å². The third-order valence-corrected chi connectivity index (χ3v) is 4.59. The summed E-state index contributed by atoms with van der Waals surface area (Å²) in [6.45, 7) is 0. The monoisotopic (exact) mass is 389 g/mol. The van der Waals surface area contributed by atoms with Crippen molar-refractivity contribution in [2.75, 3.05) is 0 Å². The number of benzene rings is 3. The minimum Gasteiger partial charge on any atom is -0.287 e. The Bertz CT molecular complexity index is 1170. The highest BCUT2D eigenvalue weighted by atomic mass is 16.1. The molecule has 0 aliphatic rings. The normalized spacial score (nSPS) is 11.5. The van der Waals surface area contributed by atoms with E-state index in [1.165, 1.54) is 0 Å². The summed E-state index contributed by atoms with van der Waals surface area (Å²) >= 11 is 0. The molecule has 4 heteroatoms. The van der Waals surface area contributed by atoms with Crippen molar-refractivity contribution in [3.8, 4) is 11.1 Å². The number of hydrogen-bond acceptors (Lipinski definition) is 4. The van der Waals surface area contributed by atoms with Crippen LogP contribution in [-0.2, 0) is 0 Å². The van der Waals surface area contributed by atoms with Crippen LogP contribution in [0.2, 0.25) is 0 Å². The maximum Gasteiger partial charge on any atom is 0.213 e. The van der Waals surface area contributed by atoms with Crippen molar-refractivity contribution in [2.45, 2.75) is 0 Å². The van der Waals surface area contributed by atoms with Crippen LogP contribution in [0.15, 0.2) is 120 Å². The highest BCUT2D eigenvalue weighted by Crippen LogP contribution is 2.18. The first kappa shape index (κ1) is 19.2. The fourth-order valence-electron chi connectivity index (χ4n) is 3.02. The zero-order chi connectivity index (χ0) is 20.6. The highest BCUT2D eigenvalue weighted by molar-refractivity contribution is 6.51. The topological polar surface area (TPSA) is 54.7 Å². The Kier molecular flexibility index (Phi) is 5.97. The first-order valence-corrected chi connectivity index (χ1v) is 9.58. The molecule has 0 saturated heterocycles. The van der Waals surface area contributed by atoms with Crippen LogP contribution < -0.4 is 0 Å². The quantitative estimate of drug-likeness (QED) is 0.250. The molecule has 0 spiro atoms. The lowest BCUT2D eigenvalue weighted by molar-refractivity contribution is 0.106. The number of nitrogens with zero attached hydrogens (tertiary/aromatic N) is 3. The maximum atomic E-state index is 13.0. The number of Topliss-reactive ketones (excluding diaryl/α,β-unsaturated/α-hetero) is 1. The van der Waals surface area contributed by atoms with Gasteiger partial charge in [0.25, 0.3) is 0 Å². The lowest BCUT2D eigenvalue weighted by Crippen LogP contribution is -2.15. The van der Waals surface area contributed by atoms with Crippen molar-refractivity contribution in [2.24, 2.45) is 10.2 Å². The fraction of sp³-hybridized carbons (Fsp3) is 0. The van der Waals surface area contributed by atoms with Crippen LogP contribution in [0.4, 0.5) is 0 Å². The van der Waals surface area contributed by atoms with Gasteiger partial charge in [0, 0.05) is 23.5 Å². The standard InChI is InChI=1S/C26H19N3O/c30-26(24-9-5-2-6-10-24)25(23-7-3-1-4-8-23)29-28-19-20-11-13-21(14-12-20)22-15-17-27-18-16-22/h1-19H/b28-19+,29-25-. The molecule has 4 nitrogen and oxygen atoms in total. The summed E-state index contributed by atoms with van der Waals surface area (Å²) in [6.07, 6.45) is 5.19. The van der Waals surface area contributed by atoms with E-state index in [-0.39, 0.29) is 5.78 Å². The summed E-state index contributed by atoms with van der Waals surface area (Å²) in [5, 5.41) is 8.47. The van der Waals surface area contributed by atoms with Crippen LogP contribution in [-0.4, -0.2) is 22.7 Å². The average molecular weight is 389 g/mol. The number of rotatable bonds is 6. The number of carbonyl (C=O) groups is 1. The van der Waals surface area contributed by atoms with Crippen LogP contribution >= 0.6 is 0 Å². The molecule has 1 aromatic heterocycles. The van der Waals surface area contributed by atoms with Gasteiger partial charge in [-0.2, -0.15) is 5.10 Å². The molecule has 1 heterocycles. The second kappa shape index (κ2) is 9.34. The van der Waals surface area contributed by atoms with E-state index in [4.69, 9.17) is 0 Å². The lowest BCUT2D eigenvalue weighted by Gasteiger charge is -2.04. The van der Waals surface area contributed by atoms with Gasteiger partial charge in [-0.3, -0.25) is 9.78 Å². The van der Waals surface area contributed by atoms with E-state index in [1.54, 1.807) is 30.7 Å². The number of pyridine rings is 1. The molecular formula is C26H19N3O. The second-order valence-corrected chi connectivity index (χ2v) is 6.61. The third-order valence-electron chi connectivity index (χ3n) is 4.59. The molecule has 0 amide bonds. The summed E-state index contributed by atoms with van der Waals surface area (Å²) in [6, 6.07) is 30.4. The van der Waals surface area contributed by atoms with Crippen molar-refractivity contribution in [1.29, 1.82) is 0 Å². The van der Waals surface area contributed by atoms with Gasteiger partial charge in [0.1, 0.15) is 5.71 Å². The van der Waals surface area contributed by atoms with Crippen LogP contribution in [0.5, 0.6) is 0 Å². The highest BCUT2D eigenvalue weighted by Gasteiger charge is 2.15. The van der Waals surface area contributed by atoms with Gasteiger partial charge in [-0.15, -0.1) is 5.10 Å². The van der Waals surface area contributed by atoms with E-state index in [9.17, 15) is 4.79 Å². The van der Waals surface area contributed by atoms with Gasteiger partial charge < -0.3 is 0 Å². The minimum absolute atomic E-state index is 0.160. The van der Waals surface area contributed by atoms with Crippen molar-refractivity contribution in [3.63, 3.8) is 0 Å². The van der Waals surface area contributed by atoms with E-state index < -0.39 is 0 Å². The zero-order valence-corrected chi connectivity index (χ0v) is 16.2. The molecule has 0 radical (unpaired) electrons. The first-order chi connectivity index (χ1) is 14.8. The van der Waals surface area contributed by atoms with E-state index in [0.717, 1.165) is 22.3 Å². The first-order valence-electron chi connectivity index (χ1n) is 9.58. The van der Waals surface area contributed by atoms with Gasteiger partial charge in [-0.05, 0) is 28.8 Å². The Labute approximate surface area is 175 Å². The van der Waals surface area contributed by atoms with Gasteiger partial charge in [0.15, 0.2) is 0 Å². The largest absolute Gasteiger partial charge is 0.287 e. The predicted octanol–water partition coefficient (Wildman–Crippen LogP) is 5.45. The SMILES string of the molecule is O=C(/C(=N\N=C\c1ccc(-c2ccncc2)cc1)c1ccccc1)c1ccccc1. The maximum absolute atomic E-state index is 13.0. The lowest BCUT2D eigenvalue weighted by atomic mass is 10.0. The summed E-state index contributed by atoms with van der Waals surface area (Å²) < 4.78 is 0. The average Bonchev–Trinajstić information content (AvgIpc) is 2.83. The second-order valence-electron chi connectivity index (χ2n) is 6.61. The Balaban J connectivity index is 1.59. The van der Waals surface area contributed by atoms with Gasteiger partial charge in [0.2, 0.25) is 5.78 Å². The summed E-state index contributed by atoms with van der Waals surface area (Å²) in [7, 11) is 0. The Hall–Kier alpha value is -4.18. The van der Waals surface area contributed by atoms with Crippen molar-refractivity contribution >= 4 is 17.7 Å². The third kappa shape index (κ3) is 4.62. The number of ketones is 1. The molecule has 4 aromatic rings. The summed E-state index contributed by atoms with van der Waals surface area (Å²) in [4.78, 5) is 17.0. The molecule has 3 aromatic carbocycles. The molecule has 4 rings (SSSR count). The Morgan fingerprint density at radius 1 is 0.667 bits per heavy atom. The number of aromatic nitrogens is 1. The molecule has 30 heavy (non-hydrogen) atoms. The molecule has 144 valence electrons. The smallest absolute Gasteiger partial charge is 0.213 e. The molecule has 0 aliphatic heterocycles. The van der Waals surface area contributed by atoms with Gasteiger partial charge in [-0.25, -0.2) is 0 Å². The van der Waals surface area contributed by atoms with Crippen LogP contribution in [0.1, 0.15) is 21.5 Å². The van der Waals surface area contributed by atoms with Crippen molar-refractivity contribution in [1.82, 2.24) is 4.98 Å². The molecule has 0 bridgehead atoms. The number of hydrogen-bond donors (Lipinski definition) is 0. The van der Waals surface area contributed by atoms with Crippen LogP contribution in [0, 0.1) is 0 Å². The molecule has 0 aliphatic carbocycles. The van der Waals surface area contributed by atoms with E-state index in [0.29, 0.717) is 11.3 Å². The van der Waals surface area contributed by atoms with E-state index in [1.807, 2.05) is 84.9 Å². The number of carbonyl (C=O) groups excluding carboxylic acids is 1. The minimum atomic E-state index is -0.160.